The minimum atomic E-state index is 0.576. The van der Waals surface area contributed by atoms with Crippen molar-refractivity contribution in [3.63, 3.8) is 0 Å². The van der Waals surface area contributed by atoms with Crippen LogP contribution in [0.1, 0.15) is 5.56 Å². The van der Waals surface area contributed by atoms with Gasteiger partial charge in [0.05, 0.1) is 4.47 Å². The van der Waals surface area contributed by atoms with Crippen molar-refractivity contribution in [1.29, 1.82) is 0 Å². The first kappa shape index (κ1) is 13.3. The molecule has 2 aromatic rings. The molecule has 0 aliphatic rings. The van der Waals surface area contributed by atoms with Gasteiger partial charge in [0.15, 0.2) is 0 Å². The number of anilines is 3. The molecule has 0 spiro atoms. The third-order valence-electron chi connectivity index (χ3n) is 2.40. The Labute approximate surface area is 122 Å². The third-order valence-corrected chi connectivity index (χ3v) is 3.84. The minimum Gasteiger partial charge on any atom is -0.357 e. The van der Waals surface area contributed by atoms with E-state index >= 15 is 0 Å². The average Bonchev–Trinajstić information content (AvgIpc) is 2.36. The Kier molecular flexibility index (Phi) is 4.19. The Balaban J connectivity index is 2.30. The molecule has 2 rings (SSSR count). The standard InChI is InChI=1S/C12H12Br2N4/c1-7-3-4-8(5-9(7)13)17-11-10(14)6-16-12(15-2)18-11/h3-6H,1-2H3,(H2,15,16,17,18). The van der Waals surface area contributed by atoms with Crippen molar-refractivity contribution in [2.45, 2.75) is 6.92 Å². The second kappa shape index (κ2) is 5.67. The summed E-state index contributed by atoms with van der Waals surface area (Å²) in [6.07, 6.45) is 1.71. The Bertz CT molecular complexity index is 572. The van der Waals surface area contributed by atoms with E-state index in [-0.39, 0.29) is 0 Å². The van der Waals surface area contributed by atoms with Crippen molar-refractivity contribution < 1.29 is 0 Å². The van der Waals surface area contributed by atoms with Crippen LogP contribution in [-0.4, -0.2) is 17.0 Å². The first-order valence-corrected chi connectivity index (χ1v) is 6.92. The van der Waals surface area contributed by atoms with Gasteiger partial charge < -0.3 is 10.6 Å². The van der Waals surface area contributed by atoms with Crippen molar-refractivity contribution in [2.24, 2.45) is 0 Å². The Morgan fingerprint density at radius 3 is 2.61 bits per heavy atom. The zero-order chi connectivity index (χ0) is 13.1. The van der Waals surface area contributed by atoms with Gasteiger partial charge in [-0.15, -0.1) is 0 Å². The van der Waals surface area contributed by atoms with Crippen molar-refractivity contribution in [3.8, 4) is 0 Å². The second-order valence-corrected chi connectivity index (χ2v) is 5.44. The lowest BCUT2D eigenvalue weighted by atomic mass is 10.2. The number of nitrogens with one attached hydrogen (secondary N) is 2. The van der Waals surface area contributed by atoms with E-state index in [1.54, 1.807) is 13.2 Å². The van der Waals surface area contributed by atoms with Crippen LogP contribution in [0.4, 0.5) is 17.5 Å². The topological polar surface area (TPSA) is 49.8 Å². The summed E-state index contributed by atoms with van der Waals surface area (Å²) < 4.78 is 1.88. The quantitative estimate of drug-likeness (QED) is 0.852. The molecule has 0 aliphatic carbocycles. The predicted octanol–water partition coefficient (Wildman–Crippen LogP) is 4.10. The zero-order valence-electron chi connectivity index (χ0n) is 9.96. The summed E-state index contributed by atoms with van der Waals surface area (Å²) in [4.78, 5) is 8.45. The van der Waals surface area contributed by atoms with Crippen LogP contribution in [0.5, 0.6) is 0 Å². The van der Waals surface area contributed by atoms with Gasteiger partial charge in [0.1, 0.15) is 5.82 Å². The normalized spacial score (nSPS) is 10.2. The number of benzene rings is 1. The van der Waals surface area contributed by atoms with Gasteiger partial charge in [-0.2, -0.15) is 4.98 Å². The van der Waals surface area contributed by atoms with Crippen LogP contribution in [0.2, 0.25) is 0 Å². The lowest BCUT2D eigenvalue weighted by molar-refractivity contribution is 1.14. The maximum absolute atomic E-state index is 4.34. The van der Waals surface area contributed by atoms with Gasteiger partial charge in [-0.3, -0.25) is 0 Å². The highest BCUT2D eigenvalue weighted by Crippen LogP contribution is 2.27. The summed E-state index contributed by atoms with van der Waals surface area (Å²) in [5, 5.41) is 6.16. The Hall–Kier alpha value is -1.14. The smallest absolute Gasteiger partial charge is 0.224 e. The molecular weight excluding hydrogens is 360 g/mol. The first-order valence-electron chi connectivity index (χ1n) is 5.33. The molecule has 6 heteroatoms. The predicted molar refractivity (Wildman–Crippen MR) is 81.4 cm³/mol. The Morgan fingerprint density at radius 1 is 1.17 bits per heavy atom. The average molecular weight is 372 g/mol. The van der Waals surface area contributed by atoms with Crippen LogP contribution in [0.25, 0.3) is 0 Å². The summed E-state index contributed by atoms with van der Waals surface area (Å²) in [6.45, 7) is 2.05. The van der Waals surface area contributed by atoms with E-state index in [2.05, 4.69) is 52.5 Å². The molecule has 0 radical (unpaired) electrons. The van der Waals surface area contributed by atoms with E-state index in [0.717, 1.165) is 20.5 Å². The maximum atomic E-state index is 4.34. The molecule has 4 nitrogen and oxygen atoms in total. The van der Waals surface area contributed by atoms with E-state index in [1.807, 2.05) is 25.1 Å². The molecule has 18 heavy (non-hydrogen) atoms. The second-order valence-electron chi connectivity index (χ2n) is 3.73. The van der Waals surface area contributed by atoms with Gasteiger partial charge in [0.25, 0.3) is 0 Å². The Morgan fingerprint density at radius 2 is 1.94 bits per heavy atom. The molecule has 0 saturated heterocycles. The van der Waals surface area contributed by atoms with Gasteiger partial charge in [0, 0.05) is 23.4 Å². The molecule has 1 aromatic heterocycles. The summed E-state index contributed by atoms with van der Waals surface area (Å²) in [6, 6.07) is 6.07. The van der Waals surface area contributed by atoms with E-state index in [9.17, 15) is 0 Å². The largest absolute Gasteiger partial charge is 0.357 e. The van der Waals surface area contributed by atoms with Gasteiger partial charge in [-0.05, 0) is 40.5 Å². The molecule has 1 heterocycles. The molecule has 0 atom stereocenters. The van der Waals surface area contributed by atoms with E-state index < -0.39 is 0 Å². The SMILES string of the molecule is CNc1ncc(Br)c(Nc2ccc(C)c(Br)c2)n1. The molecule has 2 N–H and O–H groups in total. The fourth-order valence-corrected chi connectivity index (χ4v) is 2.05. The number of aryl methyl sites for hydroxylation is 1. The first-order chi connectivity index (χ1) is 8.60. The number of hydrogen-bond donors (Lipinski definition) is 2. The molecule has 0 saturated carbocycles. The molecular formula is C12H12Br2N4. The number of nitrogens with zero attached hydrogens (tertiary/aromatic N) is 2. The van der Waals surface area contributed by atoms with Crippen molar-refractivity contribution in [1.82, 2.24) is 9.97 Å². The highest BCUT2D eigenvalue weighted by molar-refractivity contribution is 9.10. The number of aromatic nitrogens is 2. The van der Waals surface area contributed by atoms with Crippen molar-refractivity contribution in [2.75, 3.05) is 17.7 Å². The van der Waals surface area contributed by atoms with Crippen LogP contribution in [0.3, 0.4) is 0 Å². The minimum absolute atomic E-state index is 0.576. The van der Waals surface area contributed by atoms with Crippen molar-refractivity contribution >= 4 is 49.3 Å². The lowest BCUT2D eigenvalue weighted by Gasteiger charge is -2.10. The van der Waals surface area contributed by atoms with Gasteiger partial charge in [-0.25, -0.2) is 4.98 Å². The van der Waals surface area contributed by atoms with Crippen LogP contribution < -0.4 is 10.6 Å². The summed E-state index contributed by atoms with van der Waals surface area (Å²) >= 11 is 6.93. The number of halogens is 2. The van der Waals surface area contributed by atoms with E-state index in [0.29, 0.717) is 5.95 Å². The molecule has 0 bridgehead atoms. The van der Waals surface area contributed by atoms with Crippen LogP contribution >= 0.6 is 31.9 Å². The zero-order valence-corrected chi connectivity index (χ0v) is 13.1. The molecule has 0 aliphatic heterocycles. The van der Waals surface area contributed by atoms with Gasteiger partial charge in [-0.1, -0.05) is 22.0 Å². The molecule has 1 aromatic carbocycles. The monoisotopic (exact) mass is 370 g/mol. The molecule has 0 unspecified atom stereocenters. The van der Waals surface area contributed by atoms with Gasteiger partial charge >= 0.3 is 0 Å². The van der Waals surface area contributed by atoms with Crippen LogP contribution in [-0.2, 0) is 0 Å². The molecule has 94 valence electrons. The van der Waals surface area contributed by atoms with Crippen molar-refractivity contribution in [3.05, 3.63) is 38.9 Å². The van der Waals surface area contributed by atoms with Gasteiger partial charge in [0.2, 0.25) is 5.95 Å². The lowest BCUT2D eigenvalue weighted by Crippen LogP contribution is -2.01. The molecule has 0 amide bonds. The van der Waals surface area contributed by atoms with Crippen LogP contribution in [0, 0.1) is 6.92 Å². The maximum Gasteiger partial charge on any atom is 0.224 e. The highest BCUT2D eigenvalue weighted by Gasteiger charge is 2.05. The van der Waals surface area contributed by atoms with E-state index in [1.165, 1.54) is 5.56 Å². The highest BCUT2D eigenvalue weighted by atomic mass is 79.9. The summed E-state index contributed by atoms with van der Waals surface area (Å²) in [7, 11) is 1.79. The summed E-state index contributed by atoms with van der Waals surface area (Å²) in [5.74, 6) is 1.30. The molecule has 0 fully saturated rings. The van der Waals surface area contributed by atoms with E-state index in [4.69, 9.17) is 0 Å². The number of rotatable bonds is 3. The fourth-order valence-electron chi connectivity index (χ4n) is 1.38. The fraction of sp³-hybridized carbons (Fsp3) is 0.167. The van der Waals surface area contributed by atoms with Crippen LogP contribution in [0.15, 0.2) is 33.3 Å². The number of hydrogen-bond acceptors (Lipinski definition) is 4. The summed E-state index contributed by atoms with van der Waals surface area (Å²) in [5.41, 5.74) is 2.16. The third kappa shape index (κ3) is 3.00.